The summed E-state index contributed by atoms with van der Waals surface area (Å²) in [6.45, 7) is 4.52. The first kappa shape index (κ1) is 32.1. The Morgan fingerprint density at radius 1 is 0.515 bits per heavy atom. The van der Waals surface area contributed by atoms with E-state index in [1.54, 1.807) is 0 Å². The SMILES string of the molecule is CCCCCC[c-]1ccc2ccccc21.CCCCCC[c-]1ccc2ccccc21.[Cl-].[Cl-].[Zr+4]. The summed E-state index contributed by atoms with van der Waals surface area (Å²) in [4.78, 5) is 0. The number of rotatable bonds is 10. The second-order valence-electron chi connectivity index (χ2n) is 8.51. The van der Waals surface area contributed by atoms with Crippen molar-refractivity contribution in [2.24, 2.45) is 0 Å². The maximum atomic E-state index is 2.29. The molecule has 0 heterocycles. The second kappa shape index (κ2) is 18.5. The van der Waals surface area contributed by atoms with Crippen LogP contribution >= 0.6 is 0 Å². The van der Waals surface area contributed by atoms with Crippen molar-refractivity contribution in [2.45, 2.75) is 78.1 Å². The van der Waals surface area contributed by atoms with Gasteiger partial charge < -0.3 is 24.8 Å². The summed E-state index contributed by atoms with van der Waals surface area (Å²) in [5.74, 6) is 0. The third-order valence-corrected chi connectivity index (χ3v) is 6.14. The van der Waals surface area contributed by atoms with E-state index in [2.05, 4.69) is 86.6 Å². The Balaban J connectivity index is 0.000000569. The summed E-state index contributed by atoms with van der Waals surface area (Å²) >= 11 is 0. The zero-order valence-corrected chi connectivity index (χ0v) is 24.2. The topological polar surface area (TPSA) is 0 Å². The van der Waals surface area contributed by atoms with Crippen molar-refractivity contribution >= 4 is 21.5 Å². The van der Waals surface area contributed by atoms with E-state index in [-0.39, 0.29) is 51.0 Å². The van der Waals surface area contributed by atoms with Gasteiger partial charge in [0.1, 0.15) is 0 Å². The van der Waals surface area contributed by atoms with Gasteiger partial charge in [-0.15, -0.1) is 81.2 Å². The summed E-state index contributed by atoms with van der Waals surface area (Å²) in [5.41, 5.74) is 3.06. The van der Waals surface area contributed by atoms with E-state index in [0.717, 1.165) is 0 Å². The minimum absolute atomic E-state index is 0. The Labute approximate surface area is 233 Å². The van der Waals surface area contributed by atoms with E-state index < -0.39 is 0 Å². The number of benzene rings is 2. The largest absolute Gasteiger partial charge is 4.00 e. The van der Waals surface area contributed by atoms with Gasteiger partial charge in [0.05, 0.1) is 0 Å². The van der Waals surface area contributed by atoms with E-state index in [4.69, 9.17) is 0 Å². The van der Waals surface area contributed by atoms with Gasteiger partial charge >= 0.3 is 26.2 Å². The summed E-state index contributed by atoms with van der Waals surface area (Å²) in [7, 11) is 0. The molecular weight excluding hydrogens is 522 g/mol. The molecule has 0 aliphatic carbocycles. The third kappa shape index (κ3) is 10.1. The first-order valence-electron chi connectivity index (χ1n) is 12.1. The fourth-order valence-corrected chi connectivity index (χ4v) is 4.35. The van der Waals surface area contributed by atoms with Crippen LogP contribution in [0, 0.1) is 0 Å². The Bertz CT molecular complexity index is 917. The van der Waals surface area contributed by atoms with Gasteiger partial charge in [-0.05, 0) is 0 Å². The molecule has 0 amide bonds. The first-order chi connectivity index (χ1) is 14.8. The predicted molar refractivity (Wildman–Crippen MR) is 135 cm³/mol. The van der Waals surface area contributed by atoms with E-state index >= 15 is 0 Å². The monoisotopic (exact) mass is 558 g/mol. The standard InChI is InChI=1S/2C15H19.2ClH.Zr/c2*1-2-3-4-5-8-13-11-12-14-9-6-7-10-15(13)14;;;/h2*6-7,9-12H,2-5,8H2,1H3;2*1H;/q2*-1;;;+4/p-2. The molecule has 4 aromatic rings. The smallest absolute Gasteiger partial charge is 1.00 e. The summed E-state index contributed by atoms with van der Waals surface area (Å²) in [5, 5.41) is 5.69. The van der Waals surface area contributed by atoms with Crippen molar-refractivity contribution in [1.29, 1.82) is 0 Å². The van der Waals surface area contributed by atoms with Crippen LogP contribution in [0.15, 0.2) is 72.8 Å². The van der Waals surface area contributed by atoms with E-state index in [1.165, 1.54) is 96.9 Å². The molecule has 0 aliphatic heterocycles. The van der Waals surface area contributed by atoms with Gasteiger partial charge in [0.25, 0.3) is 0 Å². The summed E-state index contributed by atoms with van der Waals surface area (Å²) < 4.78 is 0. The average Bonchev–Trinajstić information content (AvgIpc) is 3.39. The zero-order valence-electron chi connectivity index (χ0n) is 20.3. The van der Waals surface area contributed by atoms with E-state index in [0.29, 0.717) is 0 Å². The fourth-order valence-electron chi connectivity index (χ4n) is 4.35. The molecule has 0 N–H and O–H groups in total. The van der Waals surface area contributed by atoms with Crippen molar-refractivity contribution in [3.63, 3.8) is 0 Å². The number of hydrogen-bond donors (Lipinski definition) is 0. The normalized spacial score (nSPS) is 10.0. The third-order valence-electron chi connectivity index (χ3n) is 6.14. The Morgan fingerprint density at radius 3 is 1.30 bits per heavy atom. The maximum absolute atomic E-state index is 2.29. The van der Waals surface area contributed by atoms with Gasteiger partial charge in [-0.3, -0.25) is 0 Å². The van der Waals surface area contributed by atoms with Gasteiger partial charge in [-0.1, -0.05) is 90.2 Å². The maximum Gasteiger partial charge on any atom is 4.00 e. The Hall–Kier alpha value is -0.877. The van der Waals surface area contributed by atoms with Crippen molar-refractivity contribution in [1.82, 2.24) is 0 Å². The molecule has 0 fully saturated rings. The molecule has 0 aromatic heterocycles. The van der Waals surface area contributed by atoms with Crippen LogP contribution in [0.1, 0.15) is 76.3 Å². The van der Waals surface area contributed by atoms with Crippen molar-refractivity contribution in [3.8, 4) is 0 Å². The van der Waals surface area contributed by atoms with Gasteiger partial charge in [-0.25, -0.2) is 0 Å². The number of halogens is 2. The zero-order chi connectivity index (χ0) is 21.0. The van der Waals surface area contributed by atoms with E-state index in [9.17, 15) is 0 Å². The molecule has 4 rings (SSSR count). The average molecular weight is 561 g/mol. The van der Waals surface area contributed by atoms with Crippen LogP contribution in [-0.2, 0) is 39.0 Å². The fraction of sp³-hybridized carbons (Fsp3) is 0.400. The van der Waals surface area contributed by atoms with Crippen molar-refractivity contribution < 1.29 is 51.0 Å². The molecule has 0 atom stereocenters. The van der Waals surface area contributed by atoms with Crippen LogP contribution < -0.4 is 24.8 Å². The molecular formula is C30H38Cl2Zr. The number of hydrogen-bond acceptors (Lipinski definition) is 0. The van der Waals surface area contributed by atoms with Crippen LogP contribution in [0.3, 0.4) is 0 Å². The molecule has 0 bridgehead atoms. The summed E-state index contributed by atoms with van der Waals surface area (Å²) in [6, 6.07) is 26.4. The molecule has 33 heavy (non-hydrogen) atoms. The van der Waals surface area contributed by atoms with E-state index in [1.807, 2.05) is 0 Å². The van der Waals surface area contributed by atoms with Gasteiger partial charge in [0.2, 0.25) is 0 Å². The molecule has 3 heteroatoms. The molecule has 176 valence electrons. The molecule has 4 aromatic carbocycles. The second-order valence-corrected chi connectivity index (χ2v) is 8.51. The predicted octanol–water partition coefficient (Wildman–Crippen LogP) is 3.37. The molecule has 0 unspecified atom stereocenters. The Kier molecular flexibility index (Phi) is 18.0. The van der Waals surface area contributed by atoms with Crippen LogP contribution in [0.2, 0.25) is 0 Å². The van der Waals surface area contributed by atoms with Gasteiger partial charge in [0, 0.05) is 0 Å². The molecule has 0 nitrogen and oxygen atoms in total. The number of fused-ring (bicyclic) bond motifs is 2. The first-order valence-corrected chi connectivity index (χ1v) is 12.1. The quantitative estimate of drug-likeness (QED) is 0.206. The minimum atomic E-state index is 0. The molecule has 0 saturated carbocycles. The Morgan fingerprint density at radius 2 is 0.909 bits per heavy atom. The number of unbranched alkanes of at least 4 members (excludes halogenated alkanes) is 6. The number of aryl methyl sites for hydroxylation is 2. The summed E-state index contributed by atoms with van der Waals surface area (Å²) in [6.07, 6.45) is 13.3. The molecule has 0 radical (unpaired) electrons. The van der Waals surface area contributed by atoms with Gasteiger partial charge in [-0.2, -0.15) is 12.1 Å². The van der Waals surface area contributed by atoms with Crippen LogP contribution in [0.5, 0.6) is 0 Å². The molecule has 0 spiro atoms. The van der Waals surface area contributed by atoms with Crippen LogP contribution in [-0.4, -0.2) is 0 Å². The van der Waals surface area contributed by atoms with Gasteiger partial charge in [0.15, 0.2) is 0 Å². The van der Waals surface area contributed by atoms with Crippen molar-refractivity contribution in [2.75, 3.05) is 0 Å². The molecule has 0 saturated heterocycles. The van der Waals surface area contributed by atoms with Crippen molar-refractivity contribution in [3.05, 3.63) is 83.9 Å². The van der Waals surface area contributed by atoms with Crippen LogP contribution in [0.25, 0.3) is 21.5 Å². The molecule has 0 aliphatic rings. The minimum Gasteiger partial charge on any atom is -1.00 e. The van der Waals surface area contributed by atoms with Crippen LogP contribution in [0.4, 0.5) is 0 Å².